The molecule has 2 heterocycles. The standard InChI is InChI=1S/C20H20N2O2/c23-20(24)13-5-6-16-15(9-13)17-11-3-4-12(8-11)18(17)19(22-16)14-2-1-7-21-10-14/h1-2,5-7,9-12,17-19,22H,3-4,8H2,(H,23,24). The van der Waals surface area contributed by atoms with Gasteiger partial charge in [0.25, 0.3) is 0 Å². The first-order valence-corrected chi connectivity index (χ1v) is 8.76. The van der Waals surface area contributed by atoms with Crippen LogP contribution >= 0.6 is 0 Å². The van der Waals surface area contributed by atoms with Crippen molar-refractivity contribution in [3.05, 3.63) is 59.4 Å². The highest BCUT2D eigenvalue weighted by atomic mass is 16.4. The van der Waals surface area contributed by atoms with Crippen LogP contribution in [-0.4, -0.2) is 16.1 Å². The minimum absolute atomic E-state index is 0.280. The highest BCUT2D eigenvalue weighted by Gasteiger charge is 2.53. The summed E-state index contributed by atoms with van der Waals surface area (Å²) in [5.74, 6) is 1.62. The van der Waals surface area contributed by atoms with Crippen molar-refractivity contribution in [2.24, 2.45) is 17.8 Å². The third-order valence-corrected chi connectivity index (χ3v) is 6.38. The van der Waals surface area contributed by atoms with Gasteiger partial charge < -0.3 is 10.4 Å². The van der Waals surface area contributed by atoms with Crippen molar-refractivity contribution in [3.63, 3.8) is 0 Å². The minimum Gasteiger partial charge on any atom is -0.478 e. The highest BCUT2D eigenvalue weighted by Crippen LogP contribution is 2.63. The molecule has 0 saturated heterocycles. The zero-order valence-electron chi connectivity index (χ0n) is 13.4. The van der Waals surface area contributed by atoms with Crippen LogP contribution in [0, 0.1) is 17.8 Å². The molecule has 2 saturated carbocycles. The number of rotatable bonds is 2. The van der Waals surface area contributed by atoms with Gasteiger partial charge in [0.05, 0.1) is 11.6 Å². The summed E-state index contributed by atoms with van der Waals surface area (Å²) in [7, 11) is 0. The molecule has 0 amide bonds. The van der Waals surface area contributed by atoms with E-state index in [1.807, 2.05) is 30.6 Å². The van der Waals surface area contributed by atoms with Crippen molar-refractivity contribution in [1.29, 1.82) is 0 Å². The number of aromatic carboxylic acids is 1. The molecule has 2 N–H and O–H groups in total. The lowest BCUT2D eigenvalue weighted by atomic mass is 9.68. The van der Waals surface area contributed by atoms with Crippen molar-refractivity contribution in [2.75, 3.05) is 5.32 Å². The summed E-state index contributed by atoms with van der Waals surface area (Å²) in [6.45, 7) is 0. The van der Waals surface area contributed by atoms with Crippen LogP contribution in [0.15, 0.2) is 42.7 Å². The molecule has 2 aliphatic carbocycles. The van der Waals surface area contributed by atoms with Gasteiger partial charge in [-0.25, -0.2) is 4.79 Å². The number of carboxylic acid groups (broad SMARTS) is 1. The molecule has 2 aromatic rings. The normalized spacial score (nSPS) is 32.8. The molecular formula is C20H20N2O2. The second-order valence-electron chi connectivity index (χ2n) is 7.45. The Bertz CT molecular complexity index is 805. The van der Waals surface area contributed by atoms with Gasteiger partial charge in [-0.3, -0.25) is 4.98 Å². The number of benzene rings is 1. The predicted molar refractivity (Wildman–Crippen MR) is 91.1 cm³/mol. The molecule has 2 bridgehead atoms. The Morgan fingerprint density at radius 3 is 2.88 bits per heavy atom. The molecule has 5 unspecified atom stereocenters. The van der Waals surface area contributed by atoms with Gasteiger partial charge in [-0.05, 0) is 78.3 Å². The third kappa shape index (κ3) is 1.92. The van der Waals surface area contributed by atoms with Gasteiger partial charge in [-0.15, -0.1) is 0 Å². The smallest absolute Gasteiger partial charge is 0.335 e. The maximum atomic E-state index is 11.4. The van der Waals surface area contributed by atoms with Crippen molar-refractivity contribution >= 4 is 11.7 Å². The molecule has 1 aliphatic heterocycles. The molecule has 1 aromatic carbocycles. The molecule has 4 nitrogen and oxygen atoms in total. The largest absolute Gasteiger partial charge is 0.478 e. The molecule has 1 aromatic heterocycles. The first kappa shape index (κ1) is 14.0. The molecule has 4 heteroatoms. The molecular weight excluding hydrogens is 300 g/mol. The fourth-order valence-electron chi connectivity index (χ4n) is 5.51. The lowest BCUT2D eigenvalue weighted by molar-refractivity contribution is 0.0696. The molecule has 24 heavy (non-hydrogen) atoms. The number of hydrogen-bond acceptors (Lipinski definition) is 3. The zero-order chi connectivity index (χ0) is 16.3. The van der Waals surface area contributed by atoms with E-state index in [0.29, 0.717) is 23.3 Å². The number of carboxylic acids is 1. The fourth-order valence-corrected chi connectivity index (χ4v) is 5.51. The first-order chi connectivity index (χ1) is 11.7. The van der Waals surface area contributed by atoms with Gasteiger partial charge in [-0.2, -0.15) is 0 Å². The van der Waals surface area contributed by atoms with Crippen molar-refractivity contribution < 1.29 is 9.90 Å². The van der Waals surface area contributed by atoms with E-state index in [1.165, 1.54) is 30.4 Å². The lowest BCUT2D eigenvalue weighted by Gasteiger charge is -2.43. The highest BCUT2D eigenvalue weighted by molar-refractivity contribution is 5.88. The topological polar surface area (TPSA) is 62.2 Å². The Kier molecular flexibility index (Phi) is 2.96. The monoisotopic (exact) mass is 320 g/mol. The van der Waals surface area contributed by atoms with Crippen molar-refractivity contribution in [1.82, 2.24) is 4.98 Å². The SMILES string of the molecule is O=C(O)c1ccc2c(c1)C1C3CCC(C3)C1C(c1cccnc1)N2. The Labute approximate surface area is 140 Å². The Morgan fingerprint density at radius 2 is 2.08 bits per heavy atom. The van der Waals surface area contributed by atoms with E-state index in [9.17, 15) is 9.90 Å². The second kappa shape index (κ2) is 5.07. The van der Waals surface area contributed by atoms with E-state index < -0.39 is 5.97 Å². The summed E-state index contributed by atoms with van der Waals surface area (Å²) in [6, 6.07) is 10.0. The quantitative estimate of drug-likeness (QED) is 0.875. The number of nitrogens with one attached hydrogen (secondary N) is 1. The average molecular weight is 320 g/mol. The zero-order valence-corrected chi connectivity index (χ0v) is 13.4. The maximum Gasteiger partial charge on any atom is 0.335 e. The van der Waals surface area contributed by atoms with Gasteiger partial charge in [0.15, 0.2) is 0 Å². The summed E-state index contributed by atoms with van der Waals surface area (Å²) < 4.78 is 0. The third-order valence-electron chi connectivity index (χ3n) is 6.38. The second-order valence-corrected chi connectivity index (χ2v) is 7.45. The number of hydrogen-bond donors (Lipinski definition) is 2. The first-order valence-electron chi connectivity index (χ1n) is 8.76. The number of anilines is 1. The Balaban J connectivity index is 1.64. The Morgan fingerprint density at radius 1 is 1.21 bits per heavy atom. The van der Waals surface area contributed by atoms with E-state index >= 15 is 0 Å². The molecule has 0 radical (unpaired) electrons. The van der Waals surface area contributed by atoms with Crippen LogP contribution in [0.4, 0.5) is 5.69 Å². The minimum atomic E-state index is -0.841. The summed E-state index contributed by atoms with van der Waals surface area (Å²) in [5, 5.41) is 13.1. The average Bonchev–Trinajstić information content (AvgIpc) is 3.23. The predicted octanol–water partition coefficient (Wildman–Crippen LogP) is 4.08. The number of fused-ring (bicyclic) bond motifs is 7. The van der Waals surface area contributed by atoms with Crippen LogP contribution < -0.4 is 5.32 Å². The molecule has 122 valence electrons. The van der Waals surface area contributed by atoms with Crippen LogP contribution in [0.25, 0.3) is 0 Å². The van der Waals surface area contributed by atoms with Gasteiger partial charge in [0, 0.05) is 18.1 Å². The van der Waals surface area contributed by atoms with E-state index in [-0.39, 0.29) is 6.04 Å². The van der Waals surface area contributed by atoms with Gasteiger partial charge in [0.1, 0.15) is 0 Å². The van der Waals surface area contributed by atoms with Crippen LogP contribution in [0.2, 0.25) is 0 Å². The molecule has 2 fully saturated rings. The van der Waals surface area contributed by atoms with Crippen LogP contribution in [0.3, 0.4) is 0 Å². The van der Waals surface area contributed by atoms with Gasteiger partial charge >= 0.3 is 5.97 Å². The van der Waals surface area contributed by atoms with Crippen LogP contribution in [0.5, 0.6) is 0 Å². The molecule has 0 spiro atoms. The fraction of sp³-hybridized carbons (Fsp3) is 0.400. The summed E-state index contributed by atoms with van der Waals surface area (Å²) in [5.41, 5.74) is 3.96. The van der Waals surface area contributed by atoms with Crippen LogP contribution in [0.1, 0.15) is 52.7 Å². The van der Waals surface area contributed by atoms with E-state index in [2.05, 4.69) is 16.4 Å². The Hall–Kier alpha value is -2.36. The summed E-state index contributed by atoms with van der Waals surface area (Å²) in [6.07, 6.45) is 7.65. The number of pyridine rings is 1. The summed E-state index contributed by atoms with van der Waals surface area (Å²) in [4.78, 5) is 15.7. The van der Waals surface area contributed by atoms with Crippen LogP contribution in [-0.2, 0) is 0 Å². The lowest BCUT2D eigenvalue weighted by Crippen LogP contribution is -2.35. The number of carbonyl (C=O) groups is 1. The van der Waals surface area contributed by atoms with Gasteiger partial charge in [-0.1, -0.05) is 6.07 Å². The van der Waals surface area contributed by atoms with E-state index in [0.717, 1.165) is 11.6 Å². The number of nitrogens with zero attached hydrogens (tertiary/aromatic N) is 1. The van der Waals surface area contributed by atoms with Crippen molar-refractivity contribution in [3.8, 4) is 0 Å². The molecule has 5 rings (SSSR count). The molecule has 5 atom stereocenters. The van der Waals surface area contributed by atoms with E-state index in [4.69, 9.17) is 0 Å². The van der Waals surface area contributed by atoms with E-state index in [1.54, 1.807) is 6.07 Å². The maximum absolute atomic E-state index is 11.4. The van der Waals surface area contributed by atoms with Gasteiger partial charge in [0.2, 0.25) is 0 Å². The number of aromatic nitrogens is 1. The van der Waals surface area contributed by atoms with Crippen molar-refractivity contribution in [2.45, 2.75) is 31.2 Å². The summed E-state index contributed by atoms with van der Waals surface area (Å²) >= 11 is 0. The molecule has 3 aliphatic rings.